The van der Waals surface area contributed by atoms with Gasteiger partial charge in [0, 0.05) is 18.8 Å². The molecule has 0 radical (unpaired) electrons. The fourth-order valence-corrected chi connectivity index (χ4v) is 5.89. The number of piperidine rings is 1. The third-order valence-corrected chi connectivity index (χ3v) is 7.74. The van der Waals surface area contributed by atoms with Gasteiger partial charge in [0.25, 0.3) is 5.91 Å². The molecule has 1 fully saturated rings. The number of hydrogen-bond donors (Lipinski definition) is 3. The summed E-state index contributed by atoms with van der Waals surface area (Å²) in [5.41, 5.74) is 5.17. The molecule has 1 saturated heterocycles. The number of rotatable bonds is 4. The van der Waals surface area contributed by atoms with Crippen LogP contribution in [0.1, 0.15) is 28.1 Å². The number of pyridine rings is 1. The van der Waals surface area contributed by atoms with Gasteiger partial charge < -0.3 is 16.0 Å². The Kier molecular flexibility index (Phi) is 5.47. The molecule has 1 atom stereocenters. The Hall–Kier alpha value is -3.75. The lowest BCUT2D eigenvalue weighted by molar-refractivity contribution is 0.0935. The number of nitrogens with zero attached hydrogens (tertiary/aromatic N) is 2. The summed E-state index contributed by atoms with van der Waals surface area (Å²) >= 11 is 1.32. The van der Waals surface area contributed by atoms with E-state index in [1.54, 1.807) is 11.1 Å². The number of amides is 3. The predicted octanol–water partition coefficient (Wildman–Crippen LogP) is 5.44. The van der Waals surface area contributed by atoms with Gasteiger partial charge in [-0.15, -0.1) is 11.3 Å². The number of aromatic nitrogens is 1. The molecule has 3 N–H and O–H groups in total. The monoisotopic (exact) mass is 483 g/mol. The third kappa shape index (κ3) is 3.84. The Morgan fingerprint density at radius 1 is 1.11 bits per heavy atom. The molecule has 4 heterocycles. The van der Waals surface area contributed by atoms with E-state index < -0.39 is 0 Å². The van der Waals surface area contributed by atoms with Crippen molar-refractivity contribution in [3.8, 4) is 11.1 Å². The van der Waals surface area contributed by atoms with E-state index in [1.807, 2.05) is 43.3 Å². The van der Waals surface area contributed by atoms with Gasteiger partial charge >= 0.3 is 6.03 Å². The molecule has 35 heavy (non-hydrogen) atoms. The highest BCUT2D eigenvalue weighted by atomic mass is 32.1. The van der Waals surface area contributed by atoms with E-state index in [2.05, 4.69) is 39.1 Å². The zero-order chi connectivity index (χ0) is 23.9. The van der Waals surface area contributed by atoms with Gasteiger partial charge in [-0.3, -0.25) is 9.69 Å². The van der Waals surface area contributed by atoms with Gasteiger partial charge in [-0.05, 0) is 55.1 Å². The summed E-state index contributed by atoms with van der Waals surface area (Å²) in [5.74, 6) is -0.168. The molecule has 3 amide bonds. The van der Waals surface area contributed by atoms with Crippen LogP contribution >= 0.6 is 11.3 Å². The molecule has 2 aromatic heterocycles. The second kappa shape index (κ2) is 8.79. The van der Waals surface area contributed by atoms with Crippen LogP contribution in [0.2, 0.25) is 0 Å². The molecule has 0 aliphatic carbocycles. The van der Waals surface area contributed by atoms with Crippen molar-refractivity contribution in [1.82, 2.24) is 15.6 Å². The zero-order valence-electron chi connectivity index (χ0n) is 19.3. The maximum Gasteiger partial charge on any atom is 0.331 e. The molecule has 176 valence electrons. The number of thiophene rings is 1. The average molecular weight is 484 g/mol. The van der Waals surface area contributed by atoms with Crippen molar-refractivity contribution >= 4 is 50.6 Å². The number of hydrogen-bond acceptors (Lipinski definition) is 5. The van der Waals surface area contributed by atoms with Crippen molar-refractivity contribution in [3.05, 3.63) is 71.2 Å². The Labute approximate surface area is 207 Å². The van der Waals surface area contributed by atoms with E-state index in [0.717, 1.165) is 64.2 Å². The molecular formula is C27H25N5O2S. The first kappa shape index (κ1) is 21.8. The van der Waals surface area contributed by atoms with Crippen LogP contribution in [0.15, 0.2) is 60.8 Å². The highest BCUT2D eigenvalue weighted by molar-refractivity contribution is 7.21. The lowest BCUT2D eigenvalue weighted by atomic mass is 10.0. The van der Waals surface area contributed by atoms with Gasteiger partial charge in [0.15, 0.2) is 0 Å². The van der Waals surface area contributed by atoms with Crippen LogP contribution in [-0.2, 0) is 0 Å². The van der Waals surface area contributed by atoms with Crippen LogP contribution in [-0.4, -0.2) is 36.1 Å². The predicted molar refractivity (Wildman–Crippen MR) is 141 cm³/mol. The van der Waals surface area contributed by atoms with E-state index in [0.29, 0.717) is 10.6 Å². The second-order valence-corrected chi connectivity index (χ2v) is 9.97. The molecule has 2 aliphatic heterocycles. The minimum absolute atomic E-state index is 0.0836. The fourth-order valence-electron chi connectivity index (χ4n) is 4.87. The molecule has 0 unspecified atom stereocenters. The first-order valence-corrected chi connectivity index (χ1v) is 12.6. The maximum atomic E-state index is 13.5. The minimum atomic E-state index is -0.287. The number of benzene rings is 2. The summed E-state index contributed by atoms with van der Waals surface area (Å²) in [6, 6.07) is 17.9. The van der Waals surface area contributed by atoms with Gasteiger partial charge in [-0.1, -0.05) is 42.5 Å². The second-order valence-electron chi connectivity index (χ2n) is 8.97. The van der Waals surface area contributed by atoms with Crippen LogP contribution in [0, 0.1) is 6.92 Å². The lowest BCUT2D eigenvalue weighted by Crippen LogP contribution is -2.45. The minimum Gasteiger partial charge on any atom is -0.347 e. The highest BCUT2D eigenvalue weighted by Gasteiger charge is 2.33. The van der Waals surface area contributed by atoms with Crippen LogP contribution in [0.4, 0.5) is 21.9 Å². The third-order valence-electron chi connectivity index (χ3n) is 6.64. The number of urea groups is 1. The first-order chi connectivity index (χ1) is 17.1. The summed E-state index contributed by atoms with van der Waals surface area (Å²) in [7, 11) is 0. The fraction of sp³-hybridized carbons (Fsp3) is 0.222. The van der Waals surface area contributed by atoms with Crippen molar-refractivity contribution < 1.29 is 9.59 Å². The molecule has 7 nitrogen and oxygen atoms in total. The molecule has 0 spiro atoms. The van der Waals surface area contributed by atoms with Crippen LogP contribution in [0.3, 0.4) is 0 Å². The Morgan fingerprint density at radius 3 is 2.77 bits per heavy atom. The van der Waals surface area contributed by atoms with Gasteiger partial charge in [0.05, 0.1) is 22.4 Å². The van der Waals surface area contributed by atoms with E-state index in [9.17, 15) is 9.59 Å². The zero-order valence-corrected chi connectivity index (χ0v) is 20.1. The Bertz CT molecular complexity index is 1440. The molecule has 6 rings (SSSR count). The number of carbonyl (C=O) groups is 2. The number of nitrogens with one attached hydrogen (secondary N) is 3. The standard InChI is InChI=1S/C27H25N5O2S/c1-16-9-10-18(17-6-3-2-4-7-17)14-21(16)32-20-11-13-29-26-22(20)23(31-27(32)34)24(35-26)25(33)30-19-8-5-12-28-15-19/h2-4,6-7,9-11,13-14,19,28H,5,8,12,15H2,1H3,(H,30,33)(H,31,34)/t19-/m1/s1. The molecule has 2 aromatic carbocycles. The van der Waals surface area contributed by atoms with Gasteiger partial charge in [0.2, 0.25) is 0 Å². The number of aryl methyl sites for hydroxylation is 1. The maximum absolute atomic E-state index is 13.5. The van der Waals surface area contributed by atoms with E-state index in [-0.39, 0.29) is 18.0 Å². The van der Waals surface area contributed by atoms with Crippen molar-refractivity contribution in [1.29, 1.82) is 0 Å². The first-order valence-electron chi connectivity index (χ1n) is 11.8. The van der Waals surface area contributed by atoms with Gasteiger partial charge in [-0.2, -0.15) is 0 Å². The molecule has 2 aliphatic rings. The summed E-state index contributed by atoms with van der Waals surface area (Å²) in [5, 5.41) is 10.2. The van der Waals surface area contributed by atoms with Gasteiger partial charge in [0.1, 0.15) is 9.71 Å². The smallest absolute Gasteiger partial charge is 0.331 e. The summed E-state index contributed by atoms with van der Waals surface area (Å²) in [4.78, 5) is 34.1. The summed E-state index contributed by atoms with van der Waals surface area (Å²) in [6.45, 7) is 3.73. The van der Waals surface area contributed by atoms with E-state index >= 15 is 0 Å². The van der Waals surface area contributed by atoms with Crippen LogP contribution in [0.5, 0.6) is 0 Å². The quantitative estimate of drug-likeness (QED) is 0.361. The highest BCUT2D eigenvalue weighted by Crippen LogP contribution is 2.46. The number of anilines is 3. The van der Waals surface area contributed by atoms with Crippen LogP contribution in [0.25, 0.3) is 21.3 Å². The van der Waals surface area contributed by atoms with E-state index in [4.69, 9.17) is 0 Å². The topological polar surface area (TPSA) is 86.4 Å². The molecule has 8 heteroatoms. The number of carbonyl (C=O) groups excluding carboxylic acids is 2. The van der Waals surface area contributed by atoms with E-state index in [1.165, 1.54) is 11.3 Å². The largest absolute Gasteiger partial charge is 0.347 e. The lowest BCUT2D eigenvalue weighted by Gasteiger charge is -2.30. The van der Waals surface area contributed by atoms with Crippen molar-refractivity contribution in [2.75, 3.05) is 23.3 Å². The molecule has 0 bridgehead atoms. The SMILES string of the molecule is Cc1ccc(-c2ccccc2)cc1N1C(=O)Nc2c(C(=O)N[C@@H]3CCCNC3)sc3nccc1c23. The van der Waals surface area contributed by atoms with Gasteiger partial charge in [-0.25, -0.2) is 9.78 Å². The summed E-state index contributed by atoms with van der Waals surface area (Å²) < 4.78 is 0. The molecule has 0 saturated carbocycles. The Morgan fingerprint density at radius 2 is 1.97 bits per heavy atom. The Balaban J connectivity index is 1.42. The summed E-state index contributed by atoms with van der Waals surface area (Å²) in [6.07, 6.45) is 3.68. The van der Waals surface area contributed by atoms with Crippen molar-refractivity contribution in [3.63, 3.8) is 0 Å². The van der Waals surface area contributed by atoms with Crippen molar-refractivity contribution in [2.24, 2.45) is 0 Å². The van der Waals surface area contributed by atoms with Crippen molar-refractivity contribution in [2.45, 2.75) is 25.8 Å². The van der Waals surface area contributed by atoms with Crippen LogP contribution < -0.4 is 20.9 Å². The molecule has 4 aromatic rings. The average Bonchev–Trinajstić information content (AvgIpc) is 3.26. The molecular weight excluding hydrogens is 458 g/mol. The normalized spacial score (nSPS) is 17.3.